The molecule has 0 radical (unpaired) electrons. The third-order valence-corrected chi connectivity index (χ3v) is 3.42. The molecule has 2 aromatic rings. The molecule has 0 bridgehead atoms. The zero-order valence-corrected chi connectivity index (χ0v) is 12.1. The molecule has 0 aliphatic heterocycles. The van der Waals surface area contributed by atoms with Gasteiger partial charge in [0, 0.05) is 17.8 Å². The van der Waals surface area contributed by atoms with Gasteiger partial charge >= 0.3 is 0 Å². The highest BCUT2D eigenvalue weighted by Gasteiger charge is 2.11. The van der Waals surface area contributed by atoms with Crippen LogP contribution in [0.5, 0.6) is 0 Å². The van der Waals surface area contributed by atoms with Crippen LogP contribution in [0.2, 0.25) is 0 Å². The lowest BCUT2D eigenvalue weighted by Crippen LogP contribution is -2.16. The zero-order valence-electron chi connectivity index (χ0n) is 11.3. The number of hydrogen-bond acceptors (Lipinski definition) is 4. The summed E-state index contributed by atoms with van der Waals surface area (Å²) in [4.78, 5) is 0. The lowest BCUT2D eigenvalue weighted by atomic mass is 10.1. The predicted octanol–water partition coefficient (Wildman–Crippen LogP) is 1.96. The maximum atomic E-state index is 11.0. The predicted molar refractivity (Wildman–Crippen MR) is 74.4 cm³/mol. The third-order valence-electron chi connectivity index (χ3n) is 2.85. The van der Waals surface area contributed by atoms with Crippen molar-refractivity contribution in [2.45, 2.75) is 20.4 Å². The van der Waals surface area contributed by atoms with E-state index in [0.29, 0.717) is 6.54 Å². The number of benzene rings is 1. The minimum Gasteiger partial charge on any atom is -0.270 e. The van der Waals surface area contributed by atoms with E-state index in [9.17, 15) is 8.42 Å². The van der Waals surface area contributed by atoms with Gasteiger partial charge in [0.25, 0.3) is 10.1 Å². The largest absolute Gasteiger partial charge is 0.270 e. The summed E-state index contributed by atoms with van der Waals surface area (Å²) in [5, 5.41) is 5.42. The minimum absolute atomic E-state index is 0.0679. The van der Waals surface area contributed by atoms with Gasteiger partial charge < -0.3 is 0 Å². The summed E-state index contributed by atoms with van der Waals surface area (Å²) < 4.78 is 28.6. The number of fused-ring (bicyclic) bond motifs is 1. The van der Waals surface area contributed by atoms with Crippen molar-refractivity contribution >= 4 is 21.0 Å². The first-order chi connectivity index (χ1) is 8.85. The Morgan fingerprint density at radius 1 is 1.42 bits per heavy atom. The van der Waals surface area contributed by atoms with Gasteiger partial charge in [-0.3, -0.25) is 8.86 Å². The van der Waals surface area contributed by atoms with E-state index in [0.717, 1.165) is 17.2 Å². The maximum absolute atomic E-state index is 11.0. The molecule has 5 nitrogen and oxygen atoms in total. The van der Waals surface area contributed by atoms with Crippen molar-refractivity contribution < 1.29 is 12.6 Å². The summed E-state index contributed by atoms with van der Waals surface area (Å²) in [5.41, 5.74) is 2.24. The van der Waals surface area contributed by atoms with Crippen molar-refractivity contribution in [2.75, 3.05) is 12.9 Å². The third kappa shape index (κ3) is 3.78. The number of rotatable bonds is 5. The van der Waals surface area contributed by atoms with Gasteiger partial charge in [0.2, 0.25) is 0 Å². The standard InChI is InChI=1S/C13H18N2O3S/c1-10-4-5-12-7-14-15(13(12)6-10)8-11(2)9-18-19(3,16)17/h4-7,11H,8-9H2,1-3H3/t11-/m0/s1. The Kier molecular flexibility index (Phi) is 3.91. The van der Waals surface area contributed by atoms with E-state index in [1.54, 1.807) is 0 Å². The van der Waals surface area contributed by atoms with Crippen molar-refractivity contribution in [3.8, 4) is 0 Å². The molecule has 0 aliphatic carbocycles. The van der Waals surface area contributed by atoms with Crippen LogP contribution in [0.25, 0.3) is 10.9 Å². The van der Waals surface area contributed by atoms with Crippen LogP contribution in [0.1, 0.15) is 12.5 Å². The first-order valence-corrected chi connectivity index (χ1v) is 7.93. The average molecular weight is 282 g/mol. The molecule has 0 spiro atoms. The molecular weight excluding hydrogens is 264 g/mol. The summed E-state index contributed by atoms with van der Waals surface area (Å²) in [7, 11) is -3.38. The van der Waals surface area contributed by atoms with E-state index in [1.807, 2.05) is 36.9 Å². The Labute approximate surface area is 113 Å². The van der Waals surface area contributed by atoms with Gasteiger partial charge in [-0.1, -0.05) is 19.1 Å². The van der Waals surface area contributed by atoms with Crippen molar-refractivity contribution in [1.29, 1.82) is 0 Å². The van der Waals surface area contributed by atoms with E-state index in [-0.39, 0.29) is 12.5 Å². The SMILES string of the molecule is Cc1ccc2cnn(C[C@H](C)COS(C)(=O)=O)c2c1. The molecule has 0 saturated heterocycles. The van der Waals surface area contributed by atoms with Crippen LogP contribution in [0, 0.1) is 12.8 Å². The molecule has 104 valence electrons. The van der Waals surface area contributed by atoms with Gasteiger partial charge in [0.05, 0.1) is 24.6 Å². The molecule has 1 aromatic heterocycles. The maximum Gasteiger partial charge on any atom is 0.264 e. The molecular formula is C13H18N2O3S. The molecule has 0 amide bonds. The van der Waals surface area contributed by atoms with Crippen LogP contribution in [0.15, 0.2) is 24.4 Å². The van der Waals surface area contributed by atoms with Gasteiger partial charge in [-0.2, -0.15) is 13.5 Å². The van der Waals surface area contributed by atoms with Crippen LogP contribution < -0.4 is 0 Å². The highest BCUT2D eigenvalue weighted by molar-refractivity contribution is 7.85. The van der Waals surface area contributed by atoms with Gasteiger partial charge in [-0.15, -0.1) is 0 Å². The van der Waals surface area contributed by atoms with E-state index in [4.69, 9.17) is 4.18 Å². The molecule has 0 saturated carbocycles. The summed E-state index contributed by atoms with van der Waals surface area (Å²) in [6.45, 7) is 4.77. The fourth-order valence-electron chi connectivity index (χ4n) is 1.91. The van der Waals surface area contributed by atoms with E-state index >= 15 is 0 Å². The Balaban J connectivity index is 2.11. The second-order valence-electron chi connectivity index (χ2n) is 4.98. The van der Waals surface area contributed by atoms with Crippen LogP contribution in [0.4, 0.5) is 0 Å². The van der Waals surface area contributed by atoms with Crippen molar-refractivity contribution in [1.82, 2.24) is 9.78 Å². The normalized spacial score (nSPS) is 13.8. The van der Waals surface area contributed by atoms with Gasteiger partial charge in [0.15, 0.2) is 0 Å². The number of nitrogens with zero attached hydrogens (tertiary/aromatic N) is 2. The summed E-state index contributed by atoms with van der Waals surface area (Å²) in [5.74, 6) is 0.0679. The Morgan fingerprint density at radius 3 is 2.84 bits per heavy atom. The second kappa shape index (κ2) is 5.30. The van der Waals surface area contributed by atoms with Crippen LogP contribution in [0.3, 0.4) is 0 Å². The summed E-state index contributed by atoms with van der Waals surface area (Å²) in [6.07, 6.45) is 2.88. The van der Waals surface area contributed by atoms with Crippen LogP contribution >= 0.6 is 0 Å². The van der Waals surface area contributed by atoms with Gasteiger partial charge in [-0.25, -0.2) is 0 Å². The molecule has 0 unspecified atom stereocenters. The summed E-state index contributed by atoms with van der Waals surface area (Å²) in [6, 6.07) is 6.16. The monoisotopic (exact) mass is 282 g/mol. The van der Waals surface area contributed by atoms with Gasteiger partial charge in [-0.05, 0) is 18.6 Å². The smallest absolute Gasteiger partial charge is 0.264 e. The number of hydrogen-bond donors (Lipinski definition) is 0. The molecule has 0 fully saturated rings. The van der Waals surface area contributed by atoms with E-state index in [1.165, 1.54) is 5.56 Å². The molecule has 2 rings (SSSR count). The molecule has 0 N–H and O–H groups in total. The molecule has 1 heterocycles. The molecule has 1 aromatic carbocycles. The van der Waals surface area contributed by atoms with E-state index < -0.39 is 10.1 Å². The second-order valence-corrected chi connectivity index (χ2v) is 6.63. The van der Waals surface area contributed by atoms with Crippen molar-refractivity contribution in [2.24, 2.45) is 5.92 Å². The topological polar surface area (TPSA) is 61.2 Å². The Hall–Kier alpha value is -1.40. The van der Waals surface area contributed by atoms with Crippen molar-refractivity contribution in [3.05, 3.63) is 30.0 Å². The van der Waals surface area contributed by atoms with Crippen LogP contribution in [-0.4, -0.2) is 31.1 Å². The highest BCUT2D eigenvalue weighted by atomic mass is 32.2. The Bertz CT molecular complexity index is 676. The van der Waals surface area contributed by atoms with Crippen molar-refractivity contribution in [3.63, 3.8) is 0 Å². The first kappa shape index (κ1) is 14.0. The fraction of sp³-hybridized carbons (Fsp3) is 0.462. The number of aryl methyl sites for hydroxylation is 1. The molecule has 0 aliphatic rings. The van der Waals surface area contributed by atoms with E-state index in [2.05, 4.69) is 11.2 Å². The fourth-order valence-corrected chi connectivity index (χ4v) is 2.39. The van der Waals surface area contributed by atoms with Crippen LogP contribution in [-0.2, 0) is 20.8 Å². The first-order valence-electron chi connectivity index (χ1n) is 6.12. The average Bonchev–Trinajstić information content (AvgIpc) is 2.68. The number of aromatic nitrogens is 2. The molecule has 1 atom stereocenters. The lowest BCUT2D eigenvalue weighted by Gasteiger charge is -2.12. The minimum atomic E-state index is -3.38. The Morgan fingerprint density at radius 2 is 2.16 bits per heavy atom. The summed E-state index contributed by atoms with van der Waals surface area (Å²) >= 11 is 0. The lowest BCUT2D eigenvalue weighted by molar-refractivity contribution is 0.248. The molecule has 6 heteroatoms. The zero-order chi connectivity index (χ0) is 14.0. The highest BCUT2D eigenvalue weighted by Crippen LogP contribution is 2.16. The molecule has 19 heavy (non-hydrogen) atoms. The quantitative estimate of drug-likeness (QED) is 0.786. The van der Waals surface area contributed by atoms with Gasteiger partial charge in [0.1, 0.15) is 0 Å².